The molecular formula is C23H22N6O3S. The number of rotatable bonds is 6. The molecule has 1 aliphatic heterocycles. The zero-order chi connectivity index (χ0) is 22.9. The van der Waals surface area contributed by atoms with Crippen LogP contribution in [0.3, 0.4) is 0 Å². The monoisotopic (exact) mass is 462 g/mol. The summed E-state index contributed by atoms with van der Waals surface area (Å²) in [4.78, 5) is 37.0. The number of hydrogen-bond acceptors (Lipinski definition) is 7. The van der Waals surface area contributed by atoms with Crippen LogP contribution in [-0.4, -0.2) is 40.8 Å². The third kappa shape index (κ3) is 3.97. The fourth-order valence-corrected chi connectivity index (χ4v) is 4.76. The summed E-state index contributed by atoms with van der Waals surface area (Å²) in [6.45, 7) is 2.80. The first-order chi connectivity index (χ1) is 16.0. The molecule has 0 atom stereocenters. The maximum atomic E-state index is 13.7. The summed E-state index contributed by atoms with van der Waals surface area (Å²) in [7, 11) is 1.87. The normalized spacial score (nSPS) is 12.7. The van der Waals surface area contributed by atoms with Crippen LogP contribution in [0.15, 0.2) is 63.4 Å². The SMILES string of the molecule is Cc1onc(-c2ccccc2)c1CN(Cc1nccn1C)C(=O)c1cnc2n(c1=O)CCS2. The molecule has 4 aromatic rings. The van der Waals surface area contributed by atoms with E-state index in [1.54, 1.807) is 15.7 Å². The molecule has 5 rings (SSSR count). The summed E-state index contributed by atoms with van der Waals surface area (Å²) in [5.74, 6) is 1.69. The van der Waals surface area contributed by atoms with Crippen LogP contribution in [-0.2, 0) is 26.7 Å². The Hall–Kier alpha value is -3.66. The first-order valence-electron chi connectivity index (χ1n) is 10.5. The molecule has 168 valence electrons. The Labute approximate surface area is 194 Å². The van der Waals surface area contributed by atoms with Crippen molar-refractivity contribution in [2.45, 2.75) is 31.7 Å². The van der Waals surface area contributed by atoms with Gasteiger partial charge in [0.2, 0.25) is 0 Å². The Bertz CT molecular complexity index is 1370. The number of hydrogen-bond donors (Lipinski definition) is 0. The Balaban J connectivity index is 1.54. The van der Waals surface area contributed by atoms with E-state index in [1.165, 1.54) is 18.0 Å². The molecule has 10 heteroatoms. The average Bonchev–Trinajstić information content (AvgIpc) is 3.55. The molecule has 0 unspecified atom stereocenters. The third-order valence-corrected chi connectivity index (χ3v) is 6.68. The molecule has 0 aliphatic carbocycles. The number of benzene rings is 1. The Kier molecular flexibility index (Phi) is 5.59. The van der Waals surface area contributed by atoms with Crippen molar-refractivity contribution in [2.75, 3.05) is 5.75 Å². The highest BCUT2D eigenvalue weighted by Crippen LogP contribution is 2.27. The van der Waals surface area contributed by atoms with Gasteiger partial charge in [-0.1, -0.05) is 47.3 Å². The van der Waals surface area contributed by atoms with Crippen molar-refractivity contribution in [3.05, 3.63) is 82.0 Å². The predicted octanol–water partition coefficient (Wildman–Crippen LogP) is 2.89. The molecule has 0 radical (unpaired) electrons. The molecule has 1 amide bonds. The zero-order valence-corrected chi connectivity index (χ0v) is 19.1. The summed E-state index contributed by atoms with van der Waals surface area (Å²) in [5.41, 5.74) is 2.08. The maximum absolute atomic E-state index is 13.7. The summed E-state index contributed by atoms with van der Waals surface area (Å²) >= 11 is 1.51. The van der Waals surface area contributed by atoms with Crippen molar-refractivity contribution < 1.29 is 9.32 Å². The van der Waals surface area contributed by atoms with E-state index in [1.807, 2.05) is 55.1 Å². The maximum Gasteiger partial charge on any atom is 0.267 e. The van der Waals surface area contributed by atoms with E-state index in [9.17, 15) is 9.59 Å². The molecule has 0 saturated carbocycles. The first-order valence-corrected chi connectivity index (χ1v) is 11.5. The summed E-state index contributed by atoms with van der Waals surface area (Å²) in [6, 6.07) is 9.67. The Morgan fingerprint density at radius 1 is 1.21 bits per heavy atom. The fourth-order valence-electron chi connectivity index (χ4n) is 3.84. The number of carbonyl (C=O) groups excluding carboxylic acids is 1. The van der Waals surface area contributed by atoms with Gasteiger partial charge in [0.15, 0.2) is 5.16 Å². The summed E-state index contributed by atoms with van der Waals surface area (Å²) in [5, 5.41) is 4.88. The predicted molar refractivity (Wildman–Crippen MR) is 123 cm³/mol. The fraction of sp³-hybridized carbons (Fsp3) is 0.261. The van der Waals surface area contributed by atoms with E-state index in [4.69, 9.17) is 4.52 Å². The lowest BCUT2D eigenvalue weighted by Crippen LogP contribution is -2.37. The number of carbonyl (C=O) groups is 1. The Morgan fingerprint density at radius 3 is 2.79 bits per heavy atom. The molecule has 0 bridgehead atoms. The van der Waals surface area contributed by atoms with Crippen LogP contribution in [0.5, 0.6) is 0 Å². The van der Waals surface area contributed by atoms with Gasteiger partial charge in [0.1, 0.15) is 22.8 Å². The number of fused-ring (bicyclic) bond motifs is 1. The largest absolute Gasteiger partial charge is 0.361 e. The van der Waals surface area contributed by atoms with Gasteiger partial charge in [0.05, 0.1) is 13.1 Å². The van der Waals surface area contributed by atoms with Crippen LogP contribution in [0, 0.1) is 6.92 Å². The molecule has 0 fully saturated rings. The molecule has 1 aliphatic rings. The number of nitrogens with zero attached hydrogens (tertiary/aromatic N) is 6. The smallest absolute Gasteiger partial charge is 0.267 e. The molecule has 33 heavy (non-hydrogen) atoms. The van der Waals surface area contributed by atoms with E-state index >= 15 is 0 Å². The lowest BCUT2D eigenvalue weighted by molar-refractivity contribution is 0.0720. The molecular weight excluding hydrogens is 440 g/mol. The minimum atomic E-state index is -0.401. The van der Waals surface area contributed by atoms with Gasteiger partial charge in [0, 0.05) is 49.1 Å². The van der Waals surface area contributed by atoms with Crippen LogP contribution in [0.25, 0.3) is 11.3 Å². The summed E-state index contributed by atoms with van der Waals surface area (Å²) < 4.78 is 8.91. The molecule has 0 spiro atoms. The van der Waals surface area contributed by atoms with Gasteiger partial charge < -0.3 is 14.0 Å². The van der Waals surface area contributed by atoms with Crippen LogP contribution >= 0.6 is 11.8 Å². The van der Waals surface area contributed by atoms with E-state index in [0.717, 1.165) is 16.9 Å². The van der Waals surface area contributed by atoms with Crippen molar-refractivity contribution in [3.63, 3.8) is 0 Å². The van der Waals surface area contributed by atoms with Gasteiger partial charge in [-0.3, -0.25) is 14.2 Å². The molecule has 0 N–H and O–H groups in total. The second kappa shape index (κ2) is 8.70. The standard InChI is InChI=1S/C23H22N6O3S/c1-15-18(20(26-32-15)16-6-4-3-5-7-16)13-28(14-19-24-8-9-27(19)2)21(30)17-12-25-23-29(22(17)31)10-11-33-23/h3-9,12H,10-11,13-14H2,1-2H3. The minimum Gasteiger partial charge on any atom is -0.361 e. The number of thioether (sulfide) groups is 1. The van der Waals surface area contributed by atoms with Gasteiger partial charge >= 0.3 is 0 Å². The van der Waals surface area contributed by atoms with E-state index in [2.05, 4.69) is 15.1 Å². The number of aromatic nitrogens is 5. The van der Waals surface area contributed by atoms with Crippen molar-refractivity contribution in [2.24, 2.45) is 7.05 Å². The van der Waals surface area contributed by atoms with Gasteiger partial charge in [-0.05, 0) is 6.92 Å². The number of aryl methyl sites for hydroxylation is 2. The van der Waals surface area contributed by atoms with Crippen molar-refractivity contribution in [1.82, 2.24) is 29.2 Å². The summed E-state index contributed by atoms with van der Waals surface area (Å²) in [6.07, 6.45) is 4.89. The third-order valence-electron chi connectivity index (χ3n) is 5.71. The van der Waals surface area contributed by atoms with Crippen molar-refractivity contribution in [3.8, 4) is 11.3 Å². The molecule has 3 aromatic heterocycles. The highest BCUT2D eigenvalue weighted by molar-refractivity contribution is 7.99. The second-order valence-corrected chi connectivity index (χ2v) is 8.87. The van der Waals surface area contributed by atoms with E-state index in [0.29, 0.717) is 29.0 Å². The van der Waals surface area contributed by atoms with Crippen LogP contribution in [0.4, 0.5) is 0 Å². The van der Waals surface area contributed by atoms with Crippen LogP contribution in [0.1, 0.15) is 27.5 Å². The van der Waals surface area contributed by atoms with E-state index < -0.39 is 5.91 Å². The number of amides is 1. The van der Waals surface area contributed by atoms with Crippen molar-refractivity contribution in [1.29, 1.82) is 0 Å². The van der Waals surface area contributed by atoms with Gasteiger partial charge in [-0.15, -0.1) is 0 Å². The Morgan fingerprint density at radius 2 is 2.03 bits per heavy atom. The molecule has 1 aromatic carbocycles. The van der Waals surface area contributed by atoms with Crippen molar-refractivity contribution >= 4 is 17.7 Å². The number of imidazole rings is 1. The topological polar surface area (TPSA) is 99.0 Å². The highest BCUT2D eigenvalue weighted by Gasteiger charge is 2.27. The van der Waals surface area contributed by atoms with Crippen LogP contribution < -0.4 is 5.56 Å². The van der Waals surface area contributed by atoms with Gasteiger partial charge in [0.25, 0.3) is 11.5 Å². The van der Waals surface area contributed by atoms with Gasteiger partial charge in [-0.25, -0.2) is 9.97 Å². The first kappa shape index (κ1) is 21.2. The quantitative estimate of drug-likeness (QED) is 0.406. The zero-order valence-electron chi connectivity index (χ0n) is 18.3. The lowest BCUT2D eigenvalue weighted by atomic mass is 10.1. The minimum absolute atomic E-state index is 0.0471. The average molecular weight is 463 g/mol. The van der Waals surface area contributed by atoms with Crippen LogP contribution in [0.2, 0.25) is 0 Å². The van der Waals surface area contributed by atoms with Gasteiger partial charge in [-0.2, -0.15) is 0 Å². The lowest BCUT2D eigenvalue weighted by Gasteiger charge is -2.22. The highest BCUT2D eigenvalue weighted by atomic mass is 32.2. The van der Waals surface area contributed by atoms with E-state index in [-0.39, 0.29) is 24.2 Å². The molecule has 0 saturated heterocycles. The molecule has 4 heterocycles. The molecule has 9 nitrogen and oxygen atoms in total. The second-order valence-electron chi connectivity index (χ2n) is 7.81.